The first-order valence-corrected chi connectivity index (χ1v) is 8.64. The zero-order valence-electron chi connectivity index (χ0n) is 16.5. The maximum absolute atomic E-state index is 9.77. The van der Waals surface area contributed by atoms with Crippen molar-refractivity contribution < 1.29 is 45.3 Å². The molecule has 1 rings (SSSR count). The highest BCUT2D eigenvalue weighted by Crippen LogP contribution is 2.18. The molecule has 0 aromatic heterocycles. The molecule has 29 heavy (non-hydrogen) atoms. The highest BCUT2D eigenvalue weighted by molar-refractivity contribution is 5.83. The summed E-state index contributed by atoms with van der Waals surface area (Å²) in [6, 6.07) is 8.20. The summed E-state index contributed by atoms with van der Waals surface area (Å²) < 4.78 is 5.65. The van der Waals surface area contributed by atoms with Gasteiger partial charge in [0, 0.05) is 12.6 Å². The van der Waals surface area contributed by atoms with Gasteiger partial charge in [0.2, 0.25) is 0 Å². The molecular formula is C19H31NO9. The largest absolute Gasteiger partial charge is 0.491 e. The van der Waals surface area contributed by atoms with Crippen LogP contribution >= 0.6 is 0 Å². The third kappa shape index (κ3) is 12.5. The van der Waals surface area contributed by atoms with Crippen LogP contribution in [0.1, 0.15) is 19.4 Å². The number of allylic oxidation sites excluding steroid dienone is 1. The second-order valence-corrected chi connectivity index (χ2v) is 6.19. The average molecular weight is 417 g/mol. The van der Waals surface area contributed by atoms with Gasteiger partial charge in [-0.05, 0) is 18.1 Å². The number of benzene rings is 1. The quantitative estimate of drug-likeness (QED) is 0.251. The first-order valence-electron chi connectivity index (χ1n) is 8.64. The van der Waals surface area contributed by atoms with E-state index in [0.29, 0.717) is 19.2 Å². The predicted molar refractivity (Wildman–Crippen MR) is 106 cm³/mol. The number of hydrogen-bond acceptors (Lipinski definition) is 7. The molecule has 0 unspecified atom stereocenters. The molecule has 0 radical (unpaired) electrons. The Morgan fingerprint density at radius 2 is 1.62 bits per heavy atom. The van der Waals surface area contributed by atoms with E-state index in [1.807, 2.05) is 44.2 Å². The van der Waals surface area contributed by atoms with E-state index in [1.54, 1.807) is 0 Å². The molecule has 0 aliphatic heterocycles. The van der Waals surface area contributed by atoms with Crippen molar-refractivity contribution in [1.29, 1.82) is 0 Å². The van der Waals surface area contributed by atoms with E-state index in [-0.39, 0.29) is 5.48 Å². The first kappa shape index (κ1) is 28.7. The van der Waals surface area contributed by atoms with E-state index >= 15 is 0 Å². The van der Waals surface area contributed by atoms with Gasteiger partial charge in [-0.3, -0.25) is 0 Å². The Hall–Kier alpha value is -2.50. The number of aliphatic carboxylic acids is 2. The minimum absolute atomic E-state index is 0. The van der Waals surface area contributed by atoms with Gasteiger partial charge in [0.25, 0.3) is 0 Å². The minimum Gasteiger partial charge on any atom is -0.491 e. The number of carboxylic acids is 2. The van der Waals surface area contributed by atoms with Crippen molar-refractivity contribution in [1.82, 2.24) is 5.32 Å². The molecule has 3 atom stereocenters. The average Bonchev–Trinajstić information content (AvgIpc) is 2.65. The van der Waals surface area contributed by atoms with Gasteiger partial charge in [0.05, 0.1) is 0 Å². The summed E-state index contributed by atoms with van der Waals surface area (Å²) in [4.78, 5) is 19.5. The first-order chi connectivity index (χ1) is 13.1. The monoisotopic (exact) mass is 417 g/mol. The Morgan fingerprint density at radius 1 is 1.10 bits per heavy atom. The van der Waals surface area contributed by atoms with Crippen LogP contribution in [0.3, 0.4) is 0 Å². The number of carboxylic acid groups (broad SMARTS) is 2. The number of carbonyl (C=O) groups is 2. The van der Waals surface area contributed by atoms with Gasteiger partial charge >= 0.3 is 11.9 Å². The van der Waals surface area contributed by atoms with E-state index in [1.165, 1.54) is 0 Å². The molecule has 0 amide bonds. The number of rotatable bonds is 11. The molecule has 1 aromatic rings. The zero-order chi connectivity index (χ0) is 21.7. The van der Waals surface area contributed by atoms with Crippen LogP contribution in [-0.2, 0) is 16.0 Å². The SMILES string of the molecule is C=CCc1ccccc1OC[C@@H](O)CNC(C)C.O.O=C(O)[C@@H](O)[C@H](O)C(=O)O. The lowest BCUT2D eigenvalue weighted by molar-refractivity contribution is -0.165. The van der Waals surface area contributed by atoms with Crippen molar-refractivity contribution in [2.75, 3.05) is 13.2 Å². The Morgan fingerprint density at radius 3 is 2.07 bits per heavy atom. The second kappa shape index (κ2) is 15.4. The van der Waals surface area contributed by atoms with Crippen LogP contribution in [0.5, 0.6) is 5.75 Å². The Kier molecular flexibility index (Phi) is 15.3. The maximum atomic E-state index is 9.77. The van der Waals surface area contributed by atoms with Crippen molar-refractivity contribution in [3.8, 4) is 5.75 Å². The highest BCUT2D eigenvalue weighted by Gasteiger charge is 2.29. The predicted octanol–water partition coefficient (Wildman–Crippen LogP) is -0.794. The fourth-order valence-electron chi connectivity index (χ4n) is 1.86. The summed E-state index contributed by atoms with van der Waals surface area (Å²) in [5, 5.41) is 45.5. The molecule has 10 heteroatoms. The van der Waals surface area contributed by atoms with Crippen LogP contribution in [0, 0.1) is 0 Å². The Bertz CT molecular complexity index is 603. The fraction of sp³-hybridized carbons (Fsp3) is 0.474. The molecule has 0 spiro atoms. The number of aliphatic hydroxyl groups excluding tert-OH is 3. The van der Waals surface area contributed by atoms with Crippen LogP contribution in [0.4, 0.5) is 0 Å². The summed E-state index contributed by atoms with van der Waals surface area (Å²) in [5.74, 6) is -2.72. The van der Waals surface area contributed by atoms with Crippen molar-refractivity contribution >= 4 is 11.9 Å². The second-order valence-electron chi connectivity index (χ2n) is 6.19. The molecule has 166 valence electrons. The number of ether oxygens (including phenoxy) is 1. The van der Waals surface area contributed by atoms with Gasteiger partial charge in [0.15, 0.2) is 12.2 Å². The van der Waals surface area contributed by atoms with Crippen LogP contribution in [0.25, 0.3) is 0 Å². The summed E-state index contributed by atoms with van der Waals surface area (Å²) >= 11 is 0. The number of hydrogen-bond donors (Lipinski definition) is 6. The van der Waals surface area contributed by atoms with Gasteiger partial charge in [0.1, 0.15) is 18.5 Å². The minimum atomic E-state index is -2.27. The van der Waals surface area contributed by atoms with E-state index in [9.17, 15) is 14.7 Å². The molecule has 0 aliphatic carbocycles. The van der Waals surface area contributed by atoms with Crippen molar-refractivity contribution in [2.45, 2.75) is 44.6 Å². The molecule has 10 nitrogen and oxygen atoms in total. The van der Waals surface area contributed by atoms with Gasteiger partial charge in [-0.1, -0.05) is 38.1 Å². The van der Waals surface area contributed by atoms with Crippen molar-refractivity contribution in [3.63, 3.8) is 0 Å². The number of nitrogens with one attached hydrogen (secondary N) is 1. The van der Waals surface area contributed by atoms with Gasteiger partial charge in [-0.2, -0.15) is 0 Å². The molecule has 0 aliphatic rings. The van der Waals surface area contributed by atoms with Crippen LogP contribution in [0.2, 0.25) is 0 Å². The molecule has 1 aromatic carbocycles. The molecule has 0 heterocycles. The summed E-state index contributed by atoms with van der Waals surface area (Å²) in [7, 11) is 0. The summed E-state index contributed by atoms with van der Waals surface area (Å²) in [5.41, 5.74) is 1.09. The van der Waals surface area contributed by atoms with E-state index in [0.717, 1.165) is 17.7 Å². The Balaban J connectivity index is 0. The molecule has 8 N–H and O–H groups in total. The van der Waals surface area contributed by atoms with Gasteiger partial charge < -0.3 is 41.1 Å². The normalized spacial score (nSPS) is 13.2. The van der Waals surface area contributed by atoms with Crippen molar-refractivity contribution in [2.24, 2.45) is 0 Å². The van der Waals surface area contributed by atoms with Crippen LogP contribution in [0.15, 0.2) is 36.9 Å². The van der Waals surface area contributed by atoms with E-state index < -0.39 is 30.3 Å². The fourth-order valence-corrected chi connectivity index (χ4v) is 1.86. The van der Waals surface area contributed by atoms with Crippen LogP contribution < -0.4 is 10.1 Å². The molecular weight excluding hydrogens is 386 g/mol. The standard InChI is InChI=1S/C15H23NO2.C4H6O6.H2O/c1-4-7-13-8-5-6-9-15(13)18-11-14(17)10-16-12(2)3;5-1(3(7)8)2(6)4(9)10;/h4-6,8-9,12,14,16-17H,1,7,10-11H2,2-3H3;1-2,5-6H,(H,7,8)(H,9,10);1H2/t14-;1-,2-;/m00./s1. The third-order valence-corrected chi connectivity index (χ3v) is 3.33. The molecule has 0 saturated carbocycles. The Labute approximate surface area is 169 Å². The highest BCUT2D eigenvalue weighted by atomic mass is 16.5. The van der Waals surface area contributed by atoms with Crippen LogP contribution in [-0.4, -0.2) is 80.5 Å². The lowest BCUT2D eigenvalue weighted by atomic mass is 10.1. The smallest absolute Gasteiger partial charge is 0.335 e. The topological polar surface area (TPSA) is 188 Å². The number of aliphatic hydroxyl groups is 3. The molecule has 0 bridgehead atoms. The van der Waals surface area contributed by atoms with Gasteiger partial charge in [-0.15, -0.1) is 6.58 Å². The molecule has 0 saturated heterocycles. The molecule has 0 fully saturated rings. The zero-order valence-corrected chi connectivity index (χ0v) is 16.5. The van der Waals surface area contributed by atoms with E-state index in [2.05, 4.69) is 11.9 Å². The lowest BCUT2D eigenvalue weighted by Gasteiger charge is -2.16. The summed E-state index contributed by atoms with van der Waals surface area (Å²) in [6.45, 7) is 8.67. The third-order valence-electron chi connectivity index (χ3n) is 3.33. The maximum Gasteiger partial charge on any atom is 0.335 e. The van der Waals surface area contributed by atoms with Gasteiger partial charge in [-0.25, -0.2) is 9.59 Å². The lowest BCUT2D eigenvalue weighted by Crippen LogP contribution is -2.39. The summed E-state index contributed by atoms with van der Waals surface area (Å²) in [6.07, 6.45) is -2.41. The van der Waals surface area contributed by atoms with Crippen molar-refractivity contribution in [3.05, 3.63) is 42.5 Å². The van der Waals surface area contributed by atoms with E-state index in [4.69, 9.17) is 25.2 Å². The number of para-hydroxylation sites is 1.